The zero-order chi connectivity index (χ0) is 16.7. The summed E-state index contributed by atoms with van der Waals surface area (Å²) in [5.74, 6) is -0.936. The van der Waals surface area contributed by atoms with E-state index in [9.17, 15) is 9.59 Å². The van der Waals surface area contributed by atoms with Gasteiger partial charge >= 0.3 is 5.97 Å². The van der Waals surface area contributed by atoms with Gasteiger partial charge in [-0.25, -0.2) is 0 Å². The van der Waals surface area contributed by atoms with E-state index >= 15 is 0 Å². The van der Waals surface area contributed by atoms with Crippen LogP contribution in [-0.2, 0) is 9.59 Å². The summed E-state index contributed by atoms with van der Waals surface area (Å²) in [5, 5.41) is 11.7. The largest absolute Gasteiger partial charge is 0.481 e. The highest BCUT2D eigenvalue weighted by atomic mass is 16.4. The number of aliphatic carboxylic acids is 1. The Morgan fingerprint density at radius 2 is 1.71 bits per heavy atom. The van der Waals surface area contributed by atoms with Crippen molar-refractivity contribution >= 4 is 11.9 Å². The Morgan fingerprint density at radius 1 is 1.14 bits per heavy atom. The summed E-state index contributed by atoms with van der Waals surface area (Å²) in [6.07, 6.45) is 2.30. The standard InChI is InChI=1S/C16H32N2O3/c1-15(2,3)10-12(11-17)14(21)18-9-8-16(4,5)7-6-13(19)20/h12H,6-11,17H2,1-5H3,(H,18,21)(H,19,20). The molecule has 5 nitrogen and oxygen atoms in total. The average Bonchev–Trinajstić information content (AvgIpc) is 2.32. The molecule has 0 fully saturated rings. The monoisotopic (exact) mass is 300 g/mol. The summed E-state index contributed by atoms with van der Waals surface area (Å²) in [6.45, 7) is 11.3. The molecule has 0 spiro atoms. The van der Waals surface area contributed by atoms with Gasteiger partial charge in [-0.3, -0.25) is 9.59 Å². The van der Waals surface area contributed by atoms with Crippen molar-refractivity contribution in [3.8, 4) is 0 Å². The lowest BCUT2D eigenvalue weighted by Gasteiger charge is -2.26. The quantitative estimate of drug-likeness (QED) is 0.609. The van der Waals surface area contributed by atoms with E-state index in [-0.39, 0.29) is 29.1 Å². The SMILES string of the molecule is CC(C)(C)CC(CN)C(=O)NCCC(C)(C)CCC(=O)O. The zero-order valence-electron chi connectivity index (χ0n) is 14.2. The van der Waals surface area contributed by atoms with Gasteiger partial charge in [-0.1, -0.05) is 34.6 Å². The first-order valence-corrected chi connectivity index (χ1v) is 7.66. The average molecular weight is 300 g/mol. The van der Waals surface area contributed by atoms with Crippen molar-refractivity contribution in [2.75, 3.05) is 13.1 Å². The number of nitrogens with one attached hydrogen (secondary N) is 1. The molecule has 0 radical (unpaired) electrons. The van der Waals surface area contributed by atoms with Crippen LogP contribution in [0.2, 0.25) is 0 Å². The van der Waals surface area contributed by atoms with Gasteiger partial charge in [0.25, 0.3) is 0 Å². The first-order valence-electron chi connectivity index (χ1n) is 7.66. The van der Waals surface area contributed by atoms with Crippen LogP contribution in [0.1, 0.15) is 60.3 Å². The van der Waals surface area contributed by atoms with Gasteiger partial charge in [-0.05, 0) is 30.1 Å². The van der Waals surface area contributed by atoms with Crippen molar-refractivity contribution in [3.63, 3.8) is 0 Å². The summed E-state index contributed by atoms with van der Waals surface area (Å²) < 4.78 is 0. The lowest BCUT2D eigenvalue weighted by atomic mass is 9.83. The van der Waals surface area contributed by atoms with E-state index in [1.807, 2.05) is 13.8 Å². The molecule has 0 rings (SSSR count). The smallest absolute Gasteiger partial charge is 0.303 e. The van der Waals surface area contributed by atoms with Gasteiger partial charge in [0.15, 0.2) is 0 Å². The van der Waals surface area contributed by atoms with Crippen LogP contribution in [0.3, 0.4) is 0 Å². The second-order valence-electron chi connectivity index (χ2n) is 7.80. The van der Waals surface area contributed by atoms with Crippen LogP contribution in [0.15, 0.2) is 0 Å². The molecule has 0 aromatic heterocycles. The van der Waals surface area contributed by atoms with Crippen molar-refractivity contribution in [3.05, 3.63) is 0 Å². The number of rotatable bonds is 9. The maximum absolute atomic E-state index is 12.1. The van der Waals surface area contributed by atoms with Crippen molar-refractivity contribution in [2.24, 2.45) is 22.5 Å². The van der Waals surface area contributed by atoms with Crippen LogP contribution < -0.4 is 11.1 Å². The van der Waals surface area contributed by atoms with Gasteiger partial charge in [0.2, 0.25) is 5.91 Å². The molecule has 5 heteroatoms. The molecule has 21 heavy (non-hydrogen) atoms. The van der Waals surface area contributed by atoms with Crippen molar-refractivity contribution in [1.82, 2.24) is 5.32 Å². The first kappa shape index (κ1) is 19.9. The predicted molar refractivity (Wildman–Crippen MR) is 84.9 cm³/mol. The van der Waals surface area contributed by atoms with Crippen LogP contribution in [-0.4, -0.2) is 30.1 Å². The molecule has 0 aliphatic rings. The molecule has 1 atom stereocenters. The third kappa shape index (κ3) is 10.3. The highest BCUT2D eigenvalue weighted by molar-refractivity contribution is 5.78. The minimum atomic E-state index is -0.777. The molecule has 0 aromatic carbocycles. The third-order valence-electron chi connectivity index (χ3n) is 3.63. The van der Waals surface area contributed by atoms with E-state index in [0.29, 0.717) is 19.5 Å². The van der Waals surface area contributed by atoms with Crippen molar-refractivity contribution < 1.29 is 14.7 Å². The van der Waals surface area contributed by atoms with E-state index < -0.39 is 5.97 Å². The fraction of sp³-hybridized carbons (Fsp3) is 0.875. The van der Waals surface area contributed by atoms with Gasteiger partial charge in [-0.2, -0.15) is 0 Å². The molecule has 0 saturated carbocycles. The fourth-order valence-corrected chi connectivity index (χ4v) is 2.26. The lowest BCUT2D eigenvalue weighted by Crippen LogP contribution is -2.38. The fourth-order valence-electron chi connectivity index (χ4n) is 2.26. The van der Waals surface area contributed by atoms with Gasteiger partial charge in [0.05, 0.1) is 5.92 Å². The molecule has 4 N–H and O–H groups in total. The maximum atomic E-state index is 12.1. The highest BCUT2D eigenvalue weighted by Crippen LogP contribution is 2.26. The van der Waals surface area contributed by atoms with E-state index in [0.717, 1.165) is 12.8 Å². The number of amides is 1. The minimum Gasteiger partial charge on any atom is -0.481 e. The van der Waals surface area contributed by atoms with Gasteiger partial charge in [-0.15, -0.1) is 0 Å². The van der Waals surface area contributed by atoms with E-state index in [1.165, 1.54) is 0 Å². The van der Waals surface area contributed by atoms with Gasteiger partial charge < -0.3 is 16.2 Å². The number of carboxylic acid groups (broad SMARTS) is 1. The number of carbonyl (C=O) groups is 2. The molecule has 0 aliphatic heterocycles. The van der Waals surface area contributed by atoms with Crippen molar-refractivity contribution in [1.29, 1.82) is 0 Å². The summed E-state index contributed by atoms with van der Waals surface area (Å²) in [7, 11) is 0. The van der Waals surface area contributed by atoms with Crippen LogP contribution in [0.25, 0.3) is 0 Å². The summed E-state index contributed by atoms with van der Waals surface area (Å²) in [4.78, 5) is 22.7. The van der Waals surface area contributed by atoms with Crippen LogP contribution in [0.4, 0.5) is 0 Å². The van der Waals surface area contributed by atoms with E-state index in [4.69, 9.17) is 10.8 Å². The van der Waals surface area contributed by atoms with Crippen LogP contribution >= 0.6 is 0 Å². The number of hydrogen-bond donors (Lipinski definition) is 3. The first-order chi connectivity index (χ1) is 9.47. The summed E-state index contributed by atoms with van der Waals surface area (Å²) in [6, 6.07) is 0. The molecule has 0 heterocycles. The topological polar surface area (TPSA) is 92.4 Å². The Kier molecular flexibility index (Phi) is 7.93. The second kappa shape index (κ2) is 8.37. The summed E-state index contributed by atoms with van der Waals surface area (Å²) in [5.41, 5.74) is 5.68. The molecule has 0 saturated heterocycles. The molecule has 0 aliphatic carbocycles. The lowest BCUT2D eigenvalue weighted by molar-refractivity contribution is -0.137. The Morgan fingerprint density at radius 3 is 2.14 bits per heavy atom. The Hall–Kier alpha value is -1.10. The number of carboxylic acids is 1. The molecule has 0 bridgehead atoms. The molecule has 1 amide bonds. The van der Waals surface area contributed by atoms with Crippen molar-refractivity contribution in [2.45, 2.75) is 60.3 Å². The molecule has 0 aromatic rings. The number of nitrogens with two attached hydrogens (primary N) is 1. The molecule has 1 unspecified atom stereocenters. The minimum absolute atomic E-state index is 0.00135. The van der Waals surface area contributed by atoms with Crippen LogP contribution in [0, 0.1) is 16.7 Å². The van der Waals surface area contributed by atoms with Gasteiger partial charge in [0, 0.05) is 19.5 Å². The van der Waals surface area contributed by atoms with E-state index in [2.05, 4.69) is 26.1 Å². The van der Waals surface area contributed by atoms with E-state index in [1.54, 1.807) is 0 Å². The highest BCUT2D eigenvalue weighted by Gasteiger charge is 2.24. The maximum Gasteiger partial charge on any atom is 0.303 e. The normalized spacial score (nSPS) is 13.8. The second-order valence-corrected chi connectivity index (χ2v) is 7.80. The molecular weight excluding hydrogens is 268 g/mol. The van der Waals surface area contributed by atoms with Crippen LogP contribution in [0.5, 0.6) is 0 Å². The molecular formula is C16H32N2O3. The van der Waals surface area contributed by atoms with Gasteiger partial charge in [0.1, 0.15) is 0 Å². The summed E-state index contributed by atoms with van der Waals surface area (Å²) >= 11 is 0. The third-order valence-corrected chi connectivity index (χ3v) is 3.63. The number of carbonyl (C=O) groups excluding carboxylic acids is 1. The Labute approximate surface area is 128 Å². The molecule has 124 valence electrons. The Balaban J connectivity index is 4.20. The Bertz CT molecular complexity index is 346. The zero-order valence-corrected chi connectivity index (χ0v) is 14.2. The number of hydrogen-bond acceptors (Lipinski definition) is 3. The predicted octanol–water partition coefficient (Wildman–Crippen LogP) is 2.39.